The zero-order valence-electron chi connectivity index (χ0n) is 12.8. The van der Waals surface area contributed by atoms with Crippen LogP contribution in [0.25, 0.3) is 32.7 Å². The van der Waals surface area contributed by atoms with Gasteiger partial charge in [-0.2, -0.15) is 0 Å². The van der Waals surface area contributed by atoms with Gasteiger partial charge >= 0.3 is 8.60 Å². The van der Waals surface area contributed by atoms with E-state index < -0.39 is 8.60 Å². The summed E-state index contributed by atoms with van der Waals surface area (Å²) >= 11 is 0. The highest BCUT2D eigenvalue weighted by Gasteiger charge is 2.10. The fraction of sp³-hybridized carbons (Fsp3) is 0. The molecule has 4 heteroatoms. The first-order valence-electron chi connectivity index (χ1n) is 7.59. The molecule has 0 aliphatic rings. The van der Waals surface area contributed by atoms with Crippen molar-refractivity contribution in [3.05, 3.63) is 78.9 Å². The Bertz CT molecular complexity index is 1010. The van der Waals surface area contributed by atoms with Gasteiger partial charge in [-0.1, -0.05) is 66.7 Å². The van der Waals surface area contributed by atoms with Gasteiger partial charge in [-0.25, -0.2) is 0 Å². The minimum Gasteiger partial charge on any atom is -0.426 e. The Labute approximate surface area is 140 Å². The molecule has 0 saturated carbocycles. The Morgan fingerprint density at radius 1 is 0.625 bits per heavy atom. The van der Waals surface area contributed by atoms with Crippen LogP contribution in [0, 0.1) is 0 Å². The van der Waals surface area contributed by atoms with Crippen LogP contribution in [-0.2, 0) is 0 Å². The Hall–Kier alpha value is -2.45. The Kier molecular flexibility index (Phi) is 3.91. The standard InChI is InChI=1S/C20H15O3P/c21-24(22)23-20-8-4-7-18-17-11-9-15(14-5-2-1-3-6-14)13-16(17)10-12-19(18)20/h1-13,21-22H. The molecule has 0 unspecified atom stereocenters. The lowest BCUT2D eigenvalue weighted by Gasteiger charge is -2.11. The van der Waals surface area contributed by atoms with Crippen molar-refractivity contribution in [2.45, 2.75) is 0 Å². The normalized spacial score (nSPS) is 11.3. The Morgan fingerprint density at radius 2 is 1.42 bits per heavy atom. The summed E-state index contributed by atoms with van der Waals surface area (Å²) in [6, 6.07) is 26.3. The van der Waals surface area contributed by atoms with E-state index in [2.05, 4.69) is 30.3 Å². The largest absolute Gasteiger partial charge is 0.426 e. The van der Waals surface area contributed by atoms with Gasteiger partial charge in [0.1, 0.15) is 5.75 Å². The molecule has 0 spiro atoms. The molecule has 0 aromatic heterocycles. The topological polar surface area (TPSA) is 49.7 Å². The molecule has 4 rings (SSSR count). The third-order valence-corrected chi connectivity index (χ3v) is 4.48. The van der Waals surface area contributed by atoms with Gasteiger partial charge in [0.25, 0.3) is 0 Å². The SMILES string of the molecule is OP(O)Oc1cccc2c1ccc1cc(-c3ccccc3)ccc12. The maximum absolute atomic E-state index is 9.14. The molecular weight excluding hydrogens is 319 g/mol. The molecule has 0 heterocycles. The summed E-state index contributed by atoms with van der Waals surface area (Å²) in [6.07, 6.45) is 0. The van der Waals surface area contributed by atoms with E-state index in [-0.39, 0.29) is 0 Å². The van der Waals surface area contributed by atoms with Crippen molar-refractivity contribution in [3.8, 4) is 16.9 Å². The summed E-state index contributed by atoms with van der Waals surface area (Å²) < 4.78 is 5.15. The van der Waals surface area contributed by atoms with Gasteiger partial charge in [0, 0.05) is 5.39 Å². The van der Waals surface area contributed by atoms with Gasteiger partial charge in [0.15, 0.2) is 0 Å². The Morgan fingerprint density at radius 3 is 2.21 bits per heavy atom. The molecule has 24 heavy (non-hydrogen) atoms. The molecule has 4 aromatic rings. The average molecular weight is 334 g/mol. The molecule has 0 fully saturated rings. The van der Waals surface area contributed by atoms with Crippen molar-refractivity contribution in [1.29, 1.82) is 0 Å². The minimum atomic E-state index is -2.43. The molecule has 0 radical (unpaired) electrons. The van der Waals surface area contributed by atoms with Gasteiger partial charge in [-0.15, -0.1) is 0 Å². The van der Waals surface area contributed by atoms with Crippen LogP contribution in [0.3, 0.4) is 0 Å². The van der Waals surface area contributed by atoms with Crippen LogP contribution >= 0.6 is 8.60 Å². The highest BCUT2D eigenvalue weighted by atomic mass is 31.2. The molecular formula is C20H15O3P. The van der Waals surface area contributed by atoms with E-state index >= 15 is 0 Å². The number of benzene rings is 4. The summed E-state index contributed by atoms with van der Waals surface area (Å²) in [4.78, 5) is 18.3. The first-order chi connectivity index (χ1) is 11.7. The quantitative estimate of drug-likeness (QED) is 0.397. The van der Waals surface area contributed by atoms with Gasteiger partial charge in [0.05, 0.1) is 0 Å². The molecule has 4 aromatic carbocycles. The third kappa shape index (κ3) is 2.74. The smallest absolute Gasteiger partial charge is 0.391 e. The summed E-state index contributed by atoms with van der Waals surface area (Å²) in [5.74, 6) is 0.484. The molecule has 0 bridgehead atoms. The summed E-state index contributed by atoms with van der Waals surface area (Å²) in [5, 5.41) is 4.14. The number of hydrogen-bond donors (Lipinski definition) is 2. The zero-order chi connectivity index (χ0) is 16.5. The number of hydrogen-bond acceptors (Lipinski definition) is 3. The van der Waals surface area contributed by atoms with Crippen LogP contribution in [0.15, 0.2) is 78.9 Å². The van der Waals surface area contributed by atoms with E-state index in [1.807, 2.05) is 42.5 Å². The lowest BCUT2D eigenvalue weighted by atomic mass is 9.97. The predicted molar refractivity (Wildman–Crippen MR) is 98.9 cm³/mol. The number of fused-ring (bicyclic) bond motifs is 3. The third-order valence-electron chi connectivity index (χ3n) is 4.12. The number of rotatable bonds is 3. The second kappa shape index (κ2) is 6.21. The summed E-state index contributed by atoms with van der Waals surface area (Å²) in [6.45, 7) is 0. The van der Waals surface area contributed by atoms with E-state index in [0.717, 1.165) is 21.5 Å². The molecule has 0 aliphatic carbocycles. The zero-order valence-corrected chi connectivity index (χ0v) is 13.6. The van der Waals surface area contributed by atoms with Gasteiger partial charge in [0.2, 0.25) is 0 Å². The predicted octanol–water partition coefficient (Wildman–Crippen LogP) is 5.25. The first kappa shape index (κ1) is 15.1. The monoisotopic (exact) mass is 334 g/mol. The van der Waals surface area contributed by atoms with Crippen LogP contribution < -0.4 is 4.52 Å². The molecule has 2 N–H and O–H groups in total. The van der Waals surface area contributed by atoms with E-state index in [4.69, 9.17) is 14.3 Å². The van der Waals surface area contributed by atoms with Gasteiger partial charge < -0.3 is 14.3 Å². The van der Waals surface area contributed by atoms with Crippen LogP contribution in [0.4, 0.5) is 0 Å². The van der Waals surface area contributed by atoms with E-state index in [9.17, 15) is 0 Å². The van der Waals surface area contributed by atoms with Crippen molar-refractivity contribution in [2.75, 3.05) is 0 Å². The summed E-state index contributed by atoms with van der Waals surface area (Å²) in [5.41, 5.74) is 2.35. The van der Waals surface area contributed by atoms with E-state index in [1.165, 1.54) is 11.1 Å². The summed E-state index contributed by atoms with van der Waals surface area (Å²) in [7, 11) is -2.43. The second-order valence-electron chi connectivity index (χ2n) is 5.56. The fourth-order valence-electron chi connectivity index (χ4n) is 3.05. The molecule has 118 valence electrons. The van der Waals surface area contributed by atoms with Crippen molar-refractivity contribution in [3.63, 3.8) is 0 Å². The molecule has 0 saturated heterocycles. The van der Waals surface area contributed by atoms with Crippen molar-refractivity contribution >= 4 is 30.1 Å². The maximum Gasteiger partial charge on any atom is 0.391 e. The average Bonchev–Trinajstić information content (AvgIpc) is 2.61. The highest BCUT2D eigenvalue weighted by Crippen LogP contribution is 2.37. The molecule has 0 aliphatic heterocycles. The van der Waals surface area contributed by atoms with E-state index in [0.29, 0.717) is 5.75 Å². The van der Waals surface area contributed by atoms with Crippen LogP contribution in [0.2, 0.25) is 0 Å². The van der Waals surface area contributed by atoms with Crippen molar-refractivity contribution < 1.29 is 14.3 Å². The van der Waals surface area contributed by atoms with E-state index in [1.54, 1.807) is 6.07 Å². The second-order valence-corrected chi connectivity index (χ2v) is 6.25. The maximum atomic E-state index is 9.14. The van der Waals surface area contributed by atoms with Crippen LogP contribution in [0.1, 0.15) is 0 Å². The Balaban J connectivity index is 1.90. The first-order valence-corrected chi connectivity index (χ1v) is 8.76. The highest BCUT2D eigenvalue weighted by molar-refractivity contribution is 7.39. The van der Waals surface area contributed by atoms with Gasteiger partial charge in [-0.3, -0.25) is 0 Å². The lowest BCUT2D eigenvalue weighted by Crippen LogP contribution is -1.87. The van der Waals surface area contributed by atoms with Crippen LogP contribution in [-0.4, -0.2) is 9.79 Å². The minimum absolute atomic E-state index is 0.484. The van der Waals surface area contributed by atoms with Gasteiger partial charge in [-0.05, 0) is 39.4 Å². The lowest BCUT2D eigenvalue weighted by molar-refractivity contribution is 0.377. The van der Waals surface area contributed by atoms with Crippen molar-refractivity contribution in [1.82, 2.24) is 0 Å². The van der Waals surface area contributed by atoms with Crippen LogP contribution in [0.5, 0.6) is 5.75 Å². The molecule has 0 amide bonds. The van der Waals surface area contributed by atoms with Crippen molar-refractivity contribution in [2.24, 2.45) is 0 Å². The fourth-order valence-corrected chi connectivity index (χ4v) is 3.38. The molecule has 3 nitrogen and oxygen atoms in total. The molecule has 0 atom stereocenters.